The number of hydrogen-bond acceptors (Lipinski definition) is 3. The molecule has 0 aromatic heterocycles. The summed E-state index contributed by atoms with van der Waals surface area (Å²) in [7, 11) is 0. The monoisotopic (exact) mass is 354 g/mol. The van der Waals surface area contributed by atoms with Crippen molar-refractivity contribution in [2.24, 2.45) is 0 Å². The second kappa shape index (κ2) is 8.76. The van der Waals surface area contributed by atoms with E-state index in [1.165, 1.54) is 37.9 Å². The standard InChI is InChI=1S/C17H27BrN2O/c1-3-19-14(2)16-13-15(18)7-8-17(16)21-12-11-20-9-5-4-6-10-20/h7-8,13-14,19H,3-6,9-12H2,1-2H3. The Kier molecular flexibility index (Phi) is 7.00. The number of halogens is 1. The van der Waals surface area contributed by atoms with Gasteiger partial charge in [-0.05, 0) is 57.6 Å². The molecule has 1 unspecified atom stereocenters. The van der Waals surface area contributed by atoms with E-state index in [0.29, 0.717) is 6.04 Å². The van der Waals surface area contributed by atoms with Gasteiger partial charge in [0.1, 0.15) is 12.4 Å². The van der Waals surface area contributed by atoms with Crippen LogP contribution in [0.1, 0.15) is 44.7 Å². The van der Waals surface area contributed by atoms with Gasteiger partial charge in [-0.25, -0.2) is 0 Å². The minimum absolute atomic E-state index is 0.303. The van der Waals surface area contributed by atoms with Crippen molar-refractivity contribution < 1.29 is 4.74 Å². The zero-order valence-electron chi connectivity index (χ0n) is 13.2. The number of piperidine rings is 1. The van der Waals surface area contributed by atoms with E-state index in [1.54, 1.807) is 0 Å². The molecule has 21 heavy (non-hydrogen) atoms. The molecule has 1 N–H and O–H groups in total. The molecule has 0 saturated carbocycles. The van der Waals surface area contributed by atoms with Crippen LogP contribution in [0.5, 0.6) is 5.75 Å². The summed E-state index contributed by atoms with van der Waals surface area (Å²) < 4.78 is 7.16. The number of ether oxygens (including phenoxy) is 1. The first-order chi connectivity index (χ1) is 10.2. The first kappa shape index (κ1) is 16.8. The topological polar surface area (TPSA) is 24.5 Å². The Morgan fingerprint density at radius 1 is 1.29 bits per heavy atom. The van der Waals surface area contributed by atoms with Crippen molar-refractivity contribution in [1.29, 1.82) is 0 Å². The molecule has 4 heteroatoms. The number of hydrogen-bond donors (Lipinski definition) is 1. The largest absolute Gasteiger partial charge is 0.492 e. The molecule has 0 radical (unpaired) electrons. The van der Waals surface area contributed by atoms with Crippen molar-refractivity contribution in [1.82, 2.24) is 10.2 Å². The van der Waals surface area contributed by atoms with Gasteiger partial charge in [-0.2, -0.15) is 0 Å². The van der Waals surface area contributed by atoms with Gasteiger partial charge in [0, 0.05) is 22.6 Å². The van der Waals surface area contributed by atoms with Crippen molar-refractivity contribution in [3.8, 4) is 5.75 Å². The van der Waals surface area contributed by atoms with Crippen molar-refractivity contribution >= 4 is 15.9 Å². The number of rotatable bonds is 7. The molecule has 1 heterocycles. The van der Waals surface area contributed by atoms with E-state index in [1.807, 2.05) is 0 Å². The van der Waals surface area contributed by atoms with E-state index in [0.717, 1.165) is 29.9 Å². The first-order valence-electron chi connectivity index (χ1n) is 8.08. The van der Waals surface area contributed by atoms with Gasteiger partial charge in [-0.3, -0.25) is 4.90 Å². The molecule has 1 aliphatic rings. The molecule has 118 valence electrons. The Hall–Kier alpha value is -0.580. The lowest BCUT2D eigenvalue weighted by molar-refractivity contribution is 0.182. The summed E-state index contributed by atoms with van der Waals surface area (Å²) in [6.45, 7) is 9.53. The Morgan fingerprint density at radius 2 is 2.05 bits per heavy atom. The fraction of sp³-hybridized carbons (Fsp3) is 0.647. The lowest BCUT2D eigenvalue weighted by atomic mass is 10.1. The van der Waals surface area contributed by atoms with Gasteiger partial charge in [-0.15, -0.1) is 0 Å². The maximum Gasteiger partial charge on any atom is 0.124 e. The molecule has 1 fully saturated rings. The average Bonchev–Trinajstić information content (AvgIpc) is 2.50. The molecule has 1 aliphatic heterocycles. The van der Waals surface area contributed by atoms with Crippen LogP contribution in [0.3, 0.4) is 0 Å². The van der Waals surface area contributed by atoms with Crippen LogP contribution >= 0.6 is 15.9 Å². The molecular formula is C17H27BrN2O. The van der Waals surface area contributed by atoms with Crippen LogP contribution in [0.2, 0.25) is 0 Å². The molecular weight excluding hydrogens is 328 g/mol. The van der Waals surface area contributed by atoms with Crippen molar-refractivity contribution in [3.05, 3.63) is 28.2 Å². The SMILES string of the molecule is CCNC(C)c1cc(Br)ccc1OCCN1CCCCC1. The van der Waals surface area contributed by atoms with Crippen molar-refractivity contribution in [2.45, 2.75) is 39.2 Å². The lowest BCUT2D eigenvalue weighted by Gasteiger charge is -2.26. The number of benzene rings is 1. The minimum atomic E-state index is 0.303. The predicted molar refractivity (Wildman–Crippen MR) is 92.0 cm³/mol. The molecule has 2 rings (SSSR count). The van der Waals surface area contributed by atoms with Gasteiger partial charge in [0.15, 0.2) is 0 Å². The third kappa shape index (κ3) is 5.28. The zero-order chi connectivity index (χ0) is 15.1. The minimum Gasteiger partial charge on any atom is -0.492 e. The molecule has 0 aliphatic carbocycles. The van der Waals surface area contributed by atoms with E-state index >= 15 is 0 Å². The molecule has 0 spiro atoms. The maximum atomic E-state index is 6.06. The lowest BCUT2D eigenvalue weighted by Crippen LogP contribution is -2.33. The third-order valence-electron chi connectivity index (χ3n) is 4.06. The number of nitrogens with zero attached hydrogens (tertiary/aromatic N) is 1. The molecule has 1 atom stereocenters. The fourth-order valence-corrected chi connectivity index (χ4v) is 3.25. The molecule has 0 bridgehead atoms. The van der Waals surface area contributed by atoms with Gasteiger partial charge in [0.2, 0.25) is 0 Å². The van der Waals surface area contributed by atoms with Crippen molar-refractivity contribution in [3.63, 3.8) is 0 Å². The third-order valence-corrected chi connectivity index (χ3v) is 4.56. The van der Waals surface area contributed by atoms with Gasteiger partial charge in [0.25, 0.3) is 0 Å². The Balaban J connectivity index is 1.91. The fourth-order valence-electron chi connectivity index (χ4n) is 2.87. The average molecular weight is 355 g/mol. The van der Waals surface area contributed by atoms with Crippen LogP contribution in [0.4, 0.5) is 0 Å². The van der Waals surface area contributed by atoms with Crippen LogP contribution in [-0.2, 0) is 0 Å². The van der Waals surface area contributed by atoms with Crippen molar-refractivity contribution in [2.75, 3.05) is 32.8 Å². The van der Waals surface area contributed by atoms with Crippen LogP contribution in [0, 0.1) is 0 Å². The molecule has 0 amide bonds. The molecule has 3 nitrogen and oxygen atoms in total. The van der Waals surface area contributed by atoms with E-state index in [4.69, 9.17) is 4.74 Å². The Morgan fingerprint density at radius 3 is 2.76 bits per heavy atom. The van der Waals surface area contributed by atoms with Gasteiger partial charge < -0.3 is 10.1 Å². The molecule has 1 aromatic rings. The smallest absolute Gasteiger partial charge is 0.124 e. The quantitative estimate of drug-likeness (QED) is 0.801. The highest BCUT2D eigenvalue weighted by molar-refractivity contribution is 9.10. The van der Waals surface area contributed by atoms with Gasteiger partial charge in [0.05, 0.1) is 0 Å². The van der Waals surface area contributed by atoms with E-state index in [-0.39, 0.29) is 0 Å². The van der Waals surface area contributed by atoms with Gasteiger partial charge in [-0.1, -0.05) is 29.3 Å². The van der Waals surface area contributed by atoms with Crippen LogP contribution in [0.15, 0.2) is 22.7 Å². The van der Waals surface area contributed by atoms with E-state index < -0.39 is 0 Å². The van der Waals surface area contributed by atoms with Gasteiger partial charge >= 0.3 is 0 Å². The normalized spacial score (nSPS) is 17.7. The molecule has 1 saturated heterocycles. The van der Waals surface area contributed by atoms with Crippen LogP contribution in [0.25, 0.3) is 0 Å². The highest BCUT2D eigenvalue weighted by atomic mass is 79.9. The van der Waals surface area contributed by atoms with Crippen LogP contribution in [-0.4, -0.2) is 37.7 Å². The summed E-state index contributed by atoms with van der Waals surface area (Å²) in [5.41, 5.74) is 1.23. The number of likely N-dealkylation sites (tertiary alicyclic amines) is 1. The highest BCUT2D eigenvalue weighted by Gasteiger charge is 2.13. The first-order valence-corrected chi connectivity index (χ1v) is 8.88. The summed E-state index contributed by atoms with van der Waals surface area (Å²) in [6.07, 6.45) is 4.05. The number of nitrogens with one attached hydrogen (secondary N) is 1. The maximum absolute atomic E-state index is 6.06. The summed E-state index contributed by atoms with van der Waals surface area (Å²) in [5.74, 6) is 1.00. The Bertz CT molecular complexity index is 433. The second-order valence-electron chi connectivity index (χ2n) is 5.71. The summed E-state index contributed by atoms with van der Waals surface area (Å²) in [5, 5.41) is 3.46. The summed E-state index contributed by atoms with van der Waals surface area (Å²) in [6, 6.07) is 6.59. The zero-order valence-corrected chi connectivity index (χ0v) is 14.8. The molecule has 1 aromatic carbocycles. The van der Waals surface area contributed by atoms with E-state index in [9.17, 15) is 0 Å². The summed E-state index contributed by atoms with van der Waals surface area (Å²) in [4.78, 5) is 2.51. The summed E-state index contributed by atoms with van der Waals surface area (Å²) >= 11 is 3.55. The Labute approximate surface area is 137 Å². The van der Waals surface area contributed by atoms with E-state index in [2.05, 4.69) is 58.2 Å². The second-order valence-corrected chi connectivity index (χ2v) is 6.63. The highest BCUT2D eigenvalue weighted by Crippen LogP contribution is 2.28. The predicted octanol–water partition coefficient (Wildman–Crippen LogP) is 3.98. The van der Waals surface area contributed by atoms with Crippen LogP contribution < -0.4 is 10.1 Å².